The van der Waals surface area contributed by atoms with E-state index in [9.17, 15) is 4.79 Å². The molecule has 0 bridgehead atoms. The Labute approximate surface area is 213 Å². The van der Waals surface area contributed by atoms with E-state index in [1.54, 1.807) is 37.3 Å². The molecule has 4 nitrogen and oxygen atoms in total. The average Bonchev–Trinajstić information content (AvgIpc) is 3.69. The van der Waals surface area contributed by atoms with E-state index in [0.717, 1.165) is 48.6 Å². The number of carbonyl (C=O) groups excluding carboxylic acids is 1. The first-order valence-electron chi connectivity index (χ1n) is 12.3. The first-order chi connectivity index (χ1) is 17.2. The van der Waals surface area contributed by atoms with Crippen LogP contribution in [0.1, 0.15) is 75.5 Å². The van der Waals surface area contributed by atoms with Gasteiger partial charge in [0.2, 0.25) is 0 Å². The summed E-state index contributed by atoms with van der Waals surface area (Å²) in [6.45, 7) is 2.64. The van der Waals surface area contributed by atoms with Gasteiger partial charge in [-0.05, 0) is 81.0 Å². The number of fused-ring (bicyclic) bond motifs is 1. The summed E-state index contributed by atoms with van der Waals surface area (Å²) in [7, 11) is 0. The predicted octanol–water partition coefficient (Wildman–Crippen LogP) is 6.66. The third-order valence-corrected chi connectivity index (χ3v) is 7.92. The maximum Gasteiger partial charge on any atom is 0.290 e. The minimum absolute atomic E-state index is 0.114. The molecule has 8 heteroatoms. The van der Waals surface area contributed by atoms with Crippen LogP contribution in [0.25, 0.3) is 0 Å². The lowest BCUT2D eigenvalue weighted by atomic mass is 9.93. The van der Waals surface area contributed by atoms with Gasteiger partial charge in [0.15, 0.2) is 0 Å². The fraction of sp³-hybridized carbons (Fsp3) is 0.393. The van der Waals surface area contributed by atoms with Gasteiger partial charge in [-0.1, -0.05) is 47.7 Å². The smallest absolute Gasteiger partial charge is 0.290 e. The van der Waals surface area contributed by atoms with Gasteiger partial charge in [0, 0.05) is 10.5 Å². The van der Waals surface area contributed by atoms with E-state index in [1.807, 2.05) is 6.92 Å². The minimum Gasteiger partial charge on any atom is -0.346 e. The molecule has 188 valence electrons. The van der Waals surface area contributed by atoms with Crippen LogP contribution in [0.3, 0.4) is 0 Å². The Morgan fingerprint density at radius 1 is 1.11 bits per heavy atom. The van der Waals surface area contributed by atoms with Crippen molar-refractivity contribution in [2.75, 3.05) is 6.54 Å². The van der Waals surface area contributed by atoms with Crippen LogP contribution in [0.5, 0.6) is 0 Å². The number of nitrogens with zero attached hydrogens (tertiary/aromatic N) is 2. The molecule has 2 aliphatic carbocycles. The van der Waals surface area contributed by atoms with Gasteiger partial charge in [-0.25, -0.2) is 4.39 Å². The fourth-order valence-electron chi connectivity index (χ4n) is 4.88. The molecule has 3 aromatic rings. The summed E-state index contributed by atoms with van der Waals surface area (Å²) < 4.78 is 45.4. The number of carbonyl (C=O) groups is 1. The van der Waals surface area contributed by atoms with E-state index in [4.69, 9.17) is 0 Å². The van der Waals surface area contributed by atoms with E-state index in [-0.39, 0.29) is 27.9 Å². The highest BCUT2D eigenvalue weighted by Crippen LogP contribution is 2.44. The second-order valence-corrected chi connectivity index (χ2v) is 10.8. The van der Waals surface area contributed by atoms with Crippen molar-refractivity contribution in [3.63, 3.8) is 0 Å². The zero-order chi connectivity index (χ0) is 25.4. The highest BCUT2D eigenvalue weighted by atomic mass is 32.2. The lowest BCUT2D eigenvalue weighted by Crippen LogP contribution is -2.36. The number of nitrogens with one attached hydrogen (secondary N) is 1. The molecule has 2 aliphatic rings. The zero-order valence-electron chi connectivity index (χ0n) is 20.3. The Morgan fingerprint density at radius 2 is 1.89 bits per heavy atom. The van der Waals surface area contributed by atoms with Crippen molar-refractivity contribution in [3.05, 3.63) is 81.3 Å². The van der Waals surface area contributed by atoms with Crippen LogP contribution in [0.4, 0.5) is 13.2 Å². The van der Waals surface area contributed by atoms with E-state index in [1.165, 1.54) is 6.07 Å². The topological polar surface area (TPSA) is 54.9 Å². The van der Waals surface area contributed by atoms with Gasteiger partial charge in [-0.2, -0.15) is 13.9 Å². The minimum atomic E-state index is -3.24. The first-order valence-corrected chi connectivity index (χ1v) is 13.1. The summed E-state index contributed by atoms with van der Waals surface area (Å²) in [6.07, 6.45) is 5.01. The van der Waals surface area contributed by atoms with Gasteiger partial charge >= 0.3 is 0 Å². The molecular formula is C28H28F3N3OS. The summed E-state index contributed by atoms with van der Waals surface area (Å²) in [5.41, 5.74) is 3.60. The highest BCUT2D eigenvalue weighted by molar-refractivity contribution is 7.99. The Bertz CT molecular complexity index is 1320. The van der Waals surface area contributed by atoms with Gasteiger partial charge in [-0.15, -0.1) is 5.10 Å². The summed E-state index contributed by atoms with van der Waals surface area (Å²) in [5, 5.41) is 11.3. The number of alkyl halides is 2. The van der Waals surface area contributed by atoms with Gasteiger partial charge in [0.25, 0.3) is 11.8 Å². The number of aromatic nitrogens is 2. The van der Waals surface area contributed by atoms with Crippen LogP contribution in [0.2, 0.25) is 0 Å². The molecule has 0 aliphatic heterocycles. The largest absolute Gasteiger partial charge is 0.346 e. The highest BCUT2D eigenvalue weighted by Gasteiger charge is 2.35. The van der Waals surface area contributed by atoms with Crippen molar-refractivity contribution >= 4 is 17.7 Å². The third-order valence-electron chi connectivity index (χ3n) is 6.91. The number of rotatable bonds is 7. The molecular weight excluding hydrogens is 483 g/mol. The molecule has 1 aromatic heterocycles. The molecule has 1 fully saturated rings. The first kappa shape index (κ1) is 24.8. The van der Waals surface area contributed by atoms with Gasteiger partial charge in [-0.3, -0.25) is 4.79 Å². The molecule has 1 heterocycles. The molecule has 1 N–H and O–H groups in total. The van der Waals surface area contributed by atoms with Gasteiger partial charge in [0.1, 0.15) is 10.8 Å². The van der Waals surface area contributed by atoms with Crippen LogP contribution < -0.4 is 5.32 Å². The van der Waals surface area contributed by atoms with Crippen LogP contribution in [-0.4, -0.2) is 22.6 Å². The molecule has 1 saturated carbocycles. The normalized spacial score (nSPS) is 15.5. The number of hydrogen-bond donors (Lipinski definition) is 1. The Balaban J connectivity index is 1.44. The number of aryl methyl sites for hydroxylation is 3. The van der Waals surface area contributed by atoms with E-state index >= 15 is 13.2 Å². The second-order valence-electron chi connectivity index (χ2n) is 9.75. The maximum atomic E-state index is 15.2. The number of benzene rings is 2. The zero-order valence-corrected chi connectivity index (χ0v) is 21.2. The summed E-state index contributed by atoms with van der Waals surface area (Å²) in [5.74, 6) is -3.95. The monoisotopic (exact) mass is 511 g/mol. The standard InChI is InChI=1S/C28H28F3N3OS/c1-16-10-13-21(17(2)14-16)28(30,31)15-32-26(35)24-20-6-3-4-8-22(20)33-34-27(24)36-23-9-5-7-19(25(23)29)18-11-12-18/h5,7,9-10,13-14,18H,3-4,6,8,11-12,15H2,1-2H3,(H,32,35). The molecule has 0 radical (unpaired) electrons. The van der Waals surface area contributed by atoms with Crippen LogP contribution in [0.15, 0.2) is 46.3 Å². The fourth-order valence-corrected chi connectivity index (χ4v) is 5.84. The SMILES string of the molecule is Cc1ccc(C(F)(F)CNC(=O)c2c(Sc3cccc(C4CC4)c3F)nnc3c2CCCC3)c(C)c1. The number of halogens is 3. The summed E-state index contributed by atoms with van der Waals surface area (Å²) in [4.78, 5) is 13.8. The van der Waals surface area contributed by atoms with Crippen molar-refractivity contribution in [1.82, 2.24) is 15.5 Å². The van der Waals surface area contributed by atoms with Crippen molar-refractivity contribution in [2.45, 2.75) is 74.1 Å². The van der Waals surface area contributed by atoms with E-state index in [0.29, 0.717) is 34.6 Å². The van der Waals surface area contributed by atoms with Gasteiger partial charge in [0.05, 0.1) is 17.8 Å². The Kier molecular flexibility index (Phi) is 6.81. The van der Waals surface area contributed by atoms with Crippen molar-refractivity contribution in [3.8, 4) is 0 Å². The van der Waals surface area contributed by atoms with Crippen molar-refractivity contribution in [2.24, 2.45) is 0 Å². The maximum absolute atomic E-state index is 15.2. The Morgan fingerprint density at radius 3 is 2.64 bits per heavy atom. The quantitative estimate of drug-likeness (QED) is 0.385. The molecule has 0 unspecified atom stereocenters. The van der Waals surface area contributed by atoms with Crippen molar-refractivity contribution in [1.29, 1.82) is 0 Å². The lowest BCUT2D eigenvalue weighted by Gasteiger charge is -2.22. The van der Waals surface area contributed by atoms with Crippen LogP contribution in [0, 0.1) is 19.7 Å². The van der Waals surface area contributed by atoms with Gasteiger partial charge < -0.3 is 5.32 Å². The molecule has 5 rings (SSSR count). The molecule has 1 amide bonds. The lowest BCUT2D eigenvalue weighted by molar-refractivity contribution is -0.00312. The Hall–Kier alpha value is -2.87. The summed E-state index contributed by atoms with van der Waals surface area (Å²) >= 11 is 1.04. The molecule has 2 aromatic carbocycles. The van der Waals surface area contributed by atoms with Crippen LogP contribution >= 0.6 is 11.8 Å². The van der Waals surface area contributed by atoms with E-state index < -0.39 is 18.4 Å². The predicted molar refractivity (Wildman–Crippen MR) is 133 cm³/mol. The molecule has 0 atom stereocenters. The second kappa shape index (κ2) is 9.88. The molecule has 0 saturated heterocycles. The average molecular weight is 512 g/mol. The number of amides is 1. The molecule has 0 spiro atoms. The number of hydrogen-bond acceptors (Lipinski definition) is 4. The summed E-state index contributed by atoms with van der Waals surface area (Å²) in [6, 6.07) is 9.99. The molecule has 36 heavy (non-hydrogen) atoms. The van der Waals surface area contributed by atoms with Crippen LogP contribution in [-0.2, 0) is 18.8 Å². The third kappa shape index (κ3) is 5.01. The van der Waals surface area contributed by atoms with E-state index in [2.05, 4.69) is 15.5 Å². The van der Waals surface area contributed by atoms with Crippen molar-refractivity contribution < 1.29 is 18.0 Å².